The van der Waals surface area contributed by atoms with Gasteiger partial charge in [0.25, 0.3) is 11.6 Å². The number of non-ortho nitro benzene ring substituents is 1. The first kappa shape index (κ1) is 28.4. The number of methoxy groups -OCH3 is 1. The number of amides is 3. The van der Waals surface area contributed by atoms with E-state index in [0.717, 1.165) is 11.3 Å². The van der Waals surface area contributed by atoms with Crippen molar-refractivity contribution in [2.24, 2.45) is 5.16 Å². The van der Waals surface area contributed by atoms with Crippen LogP contribution in [0.1, 0.15) is 11.3 Å². The number of carbonyl (C=O) groups is 4. The molecule has 1 fully saturated rings. The van der Waals surface area contributed by atoms with Gasteiger partial charge in [-0.15, -0.1) is 22.9 Å². The summed E-state index contributed by atoms with van der Waals surface area (Å²) in [4.78, 5) is 67.7. The fraction of sp³-hybridized carbons (Fsp3) is 0.333. The number of nitrogens with zero attached hydrogens (tertiary/aromatic N) is 3. The van der Waals surface area contributed by atoms with E-state index in [9.17, 15) is 29.3 Å². The van der Waals surface area contributed by atoms with Gasteiger partial charge in [-0.1, -0.05) is 5.16 Å². The molecular weight excluding hydrogens is 548 g/mol. The number of oxime groups is 1. The van der Waals surface area contributed by atoms with Crippen LogP contribution in [0.25, 0.3) is 0 Å². The average Bonchev–Trinajstić information content (AvgIpc) is 3.36. The lowest BCUT2D eigenvalue weighted by molar-refractivity contribution is -0.384. The third kappa shape index (κ3) is 7.67. The van der Waals surface area contributed by atoms with Gasteiger partial charge in [0.1, 0.15) is 24.2 Å². The SMILES string of the molecule is COC[C@@H]1NC(=O)[C@@H]1NC(=O)/C(=N\OCC(=O)OCc1ccc([N+](=O)[O-])cc1)c1csc(NC(=O)CCl)n1. The number of carbonyl (C=O) groups excluding carboxylic acids is 4. The number of β-lactam (4-membered cyclic amide) rings is 1. The predicted octanol–water partition coefficient (Wildman–Crippen LogP) is 0.322. The van der Waals surface area contributed by atoms with Crippen molar-refractivity contribution in [2.45, 2.75) is 18.7 Å². The standard InChI is InChI=1S/C21H21ClN6O9S/c1-35-8-13-17(19(31)23-13)26-20(32)18(14-10-38-21(24-14)25-15(29)6-22)27-37-9-16(30)36-7-11-2-4-12(5-3-11)28(33)34/h2-5,10,13,17H,6-9H2,1H3,(H,23,31)(H,26,32)(H,24,25,29)/b27-18-/t13-,17+/m0/s1. The minimum atomic E-state index is -0.895. The van der Waals surface area contributed by atoms with Crippen LogP contribution in [-0.2, 0) is 40.1 Å². The smallest absolute Gasteiger partial charge is 0.347 e. The molecule has 0 aliphatic carbocycles. The second-order valence-electron chi connectivity index (χ2n) is 7.54. The topological polar surface area (TPSA) is 200 Å². The number of alkyl halides is 1. The van der Waals surface area contributed by atoms with Crippen molar-refractivity contribution < 1.29 is 38.4 Å². The molecule has 3 rings (SSSR count). The Hall–Kier alpha value is -4.15. The second-order valence-corrected chi connectivity index (χ2v) is 8.66. The number of benzene rings is 1. The highest BCUT2D eigenvalue weighted by molar-refractivity contribution is 7.14. The number of rotatable bonds is 13. The Morgan fingerprint density at radius 3 is 2.66 bits per heavy atom. The maximum absolute atomic E-state index is 12.9. The second kappa shape index (κ2) is 13.4. The summed E-state index contributed by atoms with van der Waals surface area (Å²) < 4.78 is 10.0. The third-order valence-electron chi connectivity index (χ3n) is 4.86. The average molecular weight is 569 g/mol. The van der Waals surface area contributed by atoms with Crippen LogP contribution in [0.15, 0.2) is 34.8 Å². The number of nitro benzene ring substituents is 1. The largest absolute Gasteiger partial charge is 0.458 e. The van der Waals surface area contributed by atoms with E-state index in [4.69, 9.17) is 25.9 Å². The summed E-state index contributed by atoms with van der Waals surface area (Å²) in [6, 6.07) is 4.06. The number of aromatic nitrogens is 1. The van der Waals surface area contributed by atoms with Gasteiger partial charge in [0, 0.05) is 24.6 Å². The predicted molar refractivity (Wildman–Crippen MR) is 133 cm³/mol. The molecule has 15 nitrogen and oxygen atoms in total. The maximum Gasteiger partial charge on any atom is 0.347 e. The summed E-state index contributed by atoms with van der Waals surface area (Å²) in [5.41, 5.74) is 0.0288. The Morgan fingerprint density at radius 2 is 2.03 bits per heavy atom. The summed E-state index contributed by atoms with van der Waals surface area (Å²) in [7, 11) is 1.44. The molecule has 0 spiro atoms. The van der Waals surface area contributed by atoms with Crippen LogP contribution in [-0.4, -0.2) is 77.6 Å². The number of nitro groups is 1. The van der Waals surface area contributed by atoms with Crippen LogP contribution in [0.2, 0.25) is 0 Å². The van der Waals surface area contributed by atoms with Gasteiger partial charge >= 0.3 is 5.97 Å². The van der Waals surface area contributed by atoms with E-state index < -0.39 is 47.3 Å². The van der Waals surface area contributed by atoms with E-state index >= 15 is 0 Å². The van der Waals surface area contributed by atoms with Gasteiger partial charge in [0.2, 0.25) is 18.4 Å². The van der Waals surface area contributed by atoms with Crippen LogP contribution in [0.4, 0.5) is 10.8 Å². The van der Waals surface area contributed by atoms with E-state index in [2.05, 4.69) is 26.1 Å². The zero-order valence-corrected chi connectivity index (χ0v) is 21.2. The minimum absolute atomic E-state index is 0.000331. The number of hydrogen-bond acceptors (Lipinski definition) is 12. The molecule has 0 radical (unpaired) electrons. The van der Waals surface area contributed by atoms with Gasteiger partial charge in [0.15, 0.2) is 10.8 Å². The zero-order chi connectivity index (χ0) is 27.7. The van der Waals surface area contributed by atoms with Crippen LogP contribution < -0.4 is 16.0 Å². The van der Waals surface area contributed by atoms with Gasteiger partial charge in [-0.3, -0.25) is 24.5 Å². The van der Waals surface area contributed by atoms with Gasteiger partial charge < -0.3 is 30.3 Å². The lowest BCUT2D eigenvalue weighted by atomic mass is 9.99. The Balaban J connectivity index is 1.65. The van der Waals surface area contributed by atoms with Crippen LogP contribution in [0, 0.1) is 10.1 Å². The summed E-state index contributed by atoms with van der Waals surface area (Å²) in [6.07, 6.45) is 0. The number of esters is 1. The van der Waals surface area contributed by atoms with Gasteiger partial charge in [0.05, 0.1) is 17.6 Å². The van der Waals surface area contributed by atoms with Crippen molar-refractivity contribution in [1.29, 1.82) is 0 Å². The van der Waals surface area contributed by atoms with E-state index in [-0.39, 0.29) is 41.3 Å². The molecule has 2 aromatic rings. The minimum Gasteiger partial charge on any atom is -0.458 e. The number of nitrogens with one attached hydrogen (secondary N) is 3. The third-order valence-corrected chi connectivity index (χ3v) is 5.86. The molecular formula is C21H21ClN6O9S. The molecule has 1 aromatic carbocycles. The highest BCUT2D eigenvalue weighted by atomic mass is 35.5. The van der Waals surface area contributed by atoms with Gasteiger partial charge in [-0.05, 0) is 17.7 Å². The van der Waals surface area contributed by atoms with E-state index in [1.807, 2.05) is 0 Å². The molecule has 1 aliphatic rings. The maximum atomic E-state index is 12.9. The van der Waals surface area contributed by atoms with Crippen molar-refractivity contribution >= 4 is 63.2 Å². The molecule has 202 valence electrons. The number of thiazole rings is 1. The van der Waals surface area contributed by atoms with E-state index in [0.29, 0.717) is 5.56 Å². The Morgan fingerprint density at radius 1 is 1.29 bits per heavy atom. The van der Waals surface area contributed by atoms with Crippen molar-refractivity contribution in [3.8, 4) is 0 Å². The monoisotopic (exact) mass is 568 g/mol. The lowest BCUT2D eigenvalue weighted by Crippen LogP contribution is -2.71. The molecule has 1 aromatic heterocycles. The van der Waals surface area contributed by atoms with Crippen molar-refractivity contribution in [3.63, 3.8) is 0 Å². The molecule has 0 bridgehead atoms. The normalized spacial score (nSPS) is 16.6. The highest BCUT2D eigenvalue weighted by Crippen LogP contribution is 2.17. The molecule has 0 saturated carbocycles. The summed E-state index contributed by atoms with van der Waals surface area (Å²) in [5, 5.41) is 23.5. The molecule has 3 amide bonds. The summed E-state index contributed by atoms with van der Waals surface area (Å²) >= 11 is 6.46. The number of halogens is 1. The molecule has 3 N–H and O–H groups in total. The molecule has 1 saturated heterocycles. The number of anilines is 1. The first-order valence-electron chi connectivity index (χ1n) is 10.7. The van der Waals surface area contributed by atoms with Crippen LogP contribution in [0.5, 0.6) is 0 Å². The molecule has 38 heavy (non-hydrogen) atoms. The quantitative estimate of drug-likeness (QED) is 0.0754. The first-order valence-corrected chi connectivity index (χ1v) is 12.1. The number of hydrogen-bond donors (Lipinski definition) is 3. The van der Waals surface area contributed by atoms with E-state index in [1.54, 1.807) is 0 Å². The molecule has 17 heteroatoms. The number of ether oxygens (including phenoxy) is 2. The highest BCUT2D eigenvalue weighted by Gasteiger charge is 2.41. The van der Waals surface area contributed by atoms with Crippen LogP contribution in [0.3, 0.4) is 0 Å². The lowest BCUT2D eigenvalue weighted by Gasteiger charge is -2.36. The van der Waals surface area contributed by atoms with Crippen LogP contribution >= 0.6 is 22.9 Å². The molecule has 2 atom stereocenters. The Labute approximate surface area is 223 Å². The van der Waals surface area contributed by atoms with Gasteiger partial charge in [-0.25, -0.2) is 9.78 Å². The fourth-order valence-corrected chi connectivity index (χ4v) is 3.78. The van der Waals surface area contributed by atoms with Crippen molar-refractivity contribution in [1.82, 2.24) is 15.6 Å². The van der Waals surface area contributed by atoms with Crippen molar-refractivity contribution in [2.75, 3.05) is 31.5 Å². The first-order chi connectivity index (χ1) is 18.2. The molecule has 2 heterocycles. The summed E-state index contributed by atoms with van der Waals surface area (Å²) in [5.74, 6) is -2.91. The molecule has 1 aliphatic heterocycles. The van der Waals surface area contributed by atoms with Gasteiger partial charge in [-0.2, -0.15) is 0 Å². The van der Waals surface area contributed by atoms with E-state index in [1.165, 1.54) is 36.8 Å². The molecule has 0 unspecified atom stereocenters. The Bertz CT molecular complexity index is 1240. The fourth-order valence-electron chi connectivity index (χ4n) is 3.00. The summed E-state index contributed by atoms with van der Waals surface area (Å²) in [6.45, 7) is -0.698. The Kier molecular flexibility index (Phi) is 10.0. The zero-order valence-electron chi connectivity index (χ0n) is 19.7. The van der Waals surface area contributed by atoms with Crippen molar-refractivity contribution in [3.05, 3.63) is 51.0 Å².